The second-order valence-corrected chi connectivity index (χ2v) is 8.50. The average molecular weight is 442 g/mol. The van der Waals surface area contributed by atoms with E-state index in [-0.39, 0.29) is 6.04 Å². The molecule has 2 unspecified atom stereocenters. The van der Waals surface area contributed by atoms with Crippen molar-refractivity contribution in [3.05, 3.63) is 93.5 Å². The van der Waals surface area contributed by atoms with E-state index in [4.69, 9.17) is 0 Å². The zero-order valence-electron chi connectivity index (χ0n) is 15.7. The van der Waals surface area contributed by atoms with Gasteiger partial charge in [-0.3, -0.25) is 0 Å². The van der Waals surface area contributed by atoms with Gasteiger partial charge in [-0.05, 0) is 77.4 Å². The summed E-state index contributed by atoms with van der Waals surface area (Å²) in [4.78, 5) is 0. The molecule has 3 aromatic rings. The first-order valence-electron chi connectivity index (χ1n) is 9.58. The lowest BCUT2D eigenvalue weighted by Crippen LogP contribution is -2.26. The van der Waals surface area contributed by atoms with Gasteiger partial charge in [0.2, 0.25) is 0 Å². The molecular weight excluding hydrogens is 420 g/mol. The molecule has 3 aromatic carbocycles. The molecule has 144 valence electrons. The van der Waals surface area contributed by atoms with Crippen LogP contribution < -0.4 is 5.32 Å². The van der Waals surface area contributed by atoms with Crippen LogP contribution in [0.3, 0.4) is 0 Å². The molecule has 0 bridgehead atoms. The normalized spacial score (nSPS) is 15.9. The average Bonchev–Trinajstić information content (AvgIpc) is 2.97. The van der Waals surface area contributed by atoms with E-state index in [1.165, 1.54) is 34.4 Å². The third-order valence-electron chi connectivity index (χ3n) is 5.41. The molecule has 0 radical (unpaired) electrons. The van der Waals surface area contributed by atoms with Gasteiger partial charge in [-0.1, -0.05) is 53.2 Å². The third kappa shape index (κ3) is 4.03. The highest BCUT2D eigenvalue weighted by molar-refractivity contribution is 9.10. The highest BCUT2D eigenvalue weighted by Crippen LogP contribution is 2.44. The van der Waals surface area contributed by atoms with Crippen LogP contribution in [-0.2, 0) is 6.42 Å². The Balaban J connectivity index is 1.44. The first-order chi connectivity index (χ1) is 13.5. The fourth-order valence-electron chi connectivity index (χ4n) is 3.99. The van der Waals surface area contributed by atoms with E-state index in [2.05, 4.69) is 70.6 Å². The Bertz CT molecular complexity index is 981. The SMILES string of the molecule is CC(CCc1cc(F)cc(F)c1)CNC1c2ccccc2-c2ccc(Br)cc21. The van der Waals surface area contributed by atoms with Crippen LogP contribution in [0.4, 0.5) is 8.78 Å². The monoisotopic (exact) mass is 441 g/mol. The van der Waals surface area contributed by atoms with Crippen molar-refractivity contribution in [1.29, 1.82) is 0 Å². The topological polar surface area (TPSA) is 12.0 Å². The van der Waals surface area contributed by atoms with Gasteiger partial charge in [0, 0.05) is 10.5 Å². The highest BCUT2D eigenvalue weighted by atomic mass is 79.9. The van der Waals surface area contributed by atoms with E-state index >= 15 is 0 Å². The molecule has 1 aliphatic carbocycles. The second kappa shape index (κ2) is 8.14. The van der Waals surface area contributed by atoms with E-state index in [0.717, 1.165) is 23.5 Å². The van der Waals surface area contributed by atoms with E-state index in [0.29, 0.717) is 17.9 Å². The summed E-state index contributed by atoms with van der Waals surface area (Å²) in [6.07, 6.45) is 1.54. The van der Waals surface area contributed by atoms with Crippen molar-refractivity contribution in [1.82, 2.24) is 5.32 Å². The van der Waals surface area contributed by atoms with Crippen LogP contribution >= 0.6 is 15.9 Å². The lowest BCUT2D eigenvalue weighted by Gasteiger charge is -2.19. The van der Waals surface area contributed by atoms with Gasteiger partial charge in [0.25, 0.3) is 0 Å². The van der Waals surface area contributed by atoms with Gasteiger partial charge in [0.05, 0.1) is 6.04 Å². The van der Waals surface area contributed by atoms with E-state index in [1.807, 2.05) is 0 Å². The van der Waals surface area contributed by atoms with Gasteiger partial charge < -0.3 is 5.32 Å². The van der Waals surface area contributed by atoms with Crippen LogP contribution in [0.25, 0.3) is 11.1 Å². The minimum absolute atomic E-state index is 0.165. The second-order valence-electron chi connectivity index (χ2n) is 7.58. The maximum absolute atomic E-state index is 13.4. The Labute approximate surface area is 172 Å². The molecule has 4 heteroatoms. The number of hydrogen-bond donors (Lipinski definition) is 1. The molecule has 0 aliphatic heterocycles. The number of rotatable bonds is 6. The van der Waals surface area contributed by atoms with E-state index in [9.17, 15) is 8.78 Å². The van der Waals surface area contributed by atoms with Gasteiger partial charge in [-0.15, -0.1) is 0 Å². The van der Waals surface area contributed by atoms with Crippen LogP contribution in [0.5, 0.6) is 0 Å². The van der Waals surface area contributed by atoms with Crippen LogP contribution in [0.15, 0.2) is 65.1 Å². The molecule has 28 heavy (non-hydrogen) atoms. The fraction of sp³-hybridized carbons (Fsp3) is 0.250. The van der Waals surface area contributed by atoms with Crippen LogP contribution in [0.1, 0.15) is 36.1 Å². The Morgan fingerprint density at radius 2 is 1.64 bits per heavy atom. The molecule has 0 saturated heterocycles. The molecule has 1 nitrogen and oxygen atoms in total. The summed E-state index contributed by atoms with van der Waals surface area (Å²) in [6, 6.07) is 18.9. The van der Waals surface area contributed by atoms with Crippen molar-refractivity contribution < 1.29 is 8.78 Å². The largest absolute Gasteiger partial charge is 0.306 e. The van der Waals surface area contributed by atoms with Gasteiger partial charge in [0.15, 0.2) is 0 Å². The Kier molecular flexibility index (Phi) is 5.61. The number of benzene rings is 3. The molecule has 0 heterocycles. The highest BCUT2D eigenvalue weighted by Gasteiger charge is 2.28. The summed E-state index contributed by atoms with van der Waals surface area (Å²) in [6.45, 7) is 3.01. The van der Waals surface area contributed by atoms with Crippen molar-refractivity contribution >= 4 is 15.9 Å². The molecule has 0 aromatic heterocycles. The summed E-state index contributed by atoms with van der Waals surface area (Å²) in [7, 11) is 0. The predicted octanol–water partition coefficient (Wildman–Crippen LogP) is 6.66. The first kappa shape index (κ1) is 19.3. The standard InChI is InChI=1S/C24H22BrF2N/c1-15(6-7-16-10-18(26)13-19(27)11-16)14-28-24-22-5-3-2-4-20(22)21-9-8-17(25)12-23(21)24/h2-5,8-13,15,24,28H,6-7,14H2,1H3. The zero-order chi connectivity index (χ0) is 19.7. The van der Waals surface area contributed by atoms with Gasteiger partial charge in [-0.2, -0.15) is 0 Å². The van der Waals surface area contributed by atoms with Crippen molar-refractivity contribution in [3.63, 3.8) is 0 Å². The van der Waals surface area contributed by atoms with Crippen LogP contribution in [0.2, 0.25) is 0 Å². The third-order valence-corrected chi connectivity index (χ3v) is 5.90. The predicted molar refractivity (Wildman–Crippen MR) is 113 cm³/mol. The van der Waals surface area contributed by atoms with Crippen molar-refractivity contribution in [2.75, 3.05) is 6.54 Å². The molecule has 2 atom stereocenters. The number of fused-ring (bicyclic) bond motifs is 3. The Morgan fingerprint density at radius 3 is 2.43 bits per heavy atom. The molecule has 0 saturated carbocycles. The lowest BCUT2D eigenvalue weighted by atomic mass is 9.99. The zero-order valence-corrected chi connectivity index (χ0v) is 17.3. The van der Waals surface area contributed by atoms with Crippen molar-refractivity contribution in [2.45, 2.75) is 25.8 Å². The fourth-order valence-corrected chi connectivity index (χ4v) is 4.37. The number of nitrogens with one attached hydrogen (secondary N) is 1. The molecule has 0 amide bonds. The molecule has 0 spiro atoms. The minimum Gasteiger partial charge on any atom is -0.306 e. The smallest absolute Gasteiger partial charge is 0.126 e. The maximum atomic E-state index is 13.4. The summed E-state index contributed by atoms with van der Waals surface area (Å²) < 4.78 is 27.8. The maximum Gasteiger partial charge on any atom is 0.126 e. The van der Waals surface area contributed by atoms with Crippen molar-refractivity contribution in [2.24, 2.45) is 5.92 Å². The summed E-state index contributed by atoms with van der Waals surface area (Å²) in [5.41, 5.74) is 5.86. The summed E-state index contributed by atoms with van der Waals surface area (Å²) in [5, 5.41) is 3.71. The van der Waals surface area contributed by atoms with Crippen LogP contribution in [-0.4, -0.2) is 6.54 Å². The quantitative estimate of drug-likeness (QED) is 0.451. The molecule has 4 rings (SSSR count). The minimum atomic E-state index is -0.509. The van der Waals surface area contributed by atoms with E-state index in [1.54, 1.807) is 0 Å². The summed E-state index contributed by atoms with van der Waals surface area (Å²) >= 11 is 3.59. The Hall–Kier alpha value is -2.04. The molecule has 1 aliphatic rings. The molecule has 0 fully saturated rings. The molecular formula is C24H22BrF2N. The molecule has 1 N–H and O–H groups in total. The van der Waals surface area contributed by atoms with Gasteiger partial charge in [-0.25, -0.2) is 8.78 Å². The number of hydrogen-bond acceptors (Lipinski definition) is 1. The van der Waals surface area contributed by atoms with Crippen LogP contribution in [0, 0.1) is 17.6 Å². The Morgan fingerprint density at radius 1 is 0.929 bits per heavy atom. The lowest BCUT2D eigenvalue weighted by molar-refractivity contribution is 0.459. The van der Waals surface area contributed by atoms with Crippen molar-refractivity contribution in [3.8, 4) is 11.1 Å². The van der Waals surface area contributed by atoms with Gasteiger partial charge >= 0.3 is 0 Å². The number of halogens is 3. The van der Waals surface area contributed by atoms with Gasteiger partial charge in [0.1, 0.15) is 11.6 Å². The first-order valence-corrected chi connectivity index (χ1v) is 10.4. The number of aryl methyl sites for hydroxylation is 1. The van der Waals surface area contributed by atoms with E-state index < -0.39 is 11.6 Å². The summed E-state index contributed by atoms with van der Waals surface area (Å²) in [5.74, 6) is -0.634.